The minimum absolute atomic E-state index is 0.395. The molecule has 1 saturated carbocycles. The van der Waals surface area contributed by atoms with Crippen LogP contribution in [0.4, 0.5) is 0 Å². The lowest BCUT2D eigenvalue weighted by atomic mass is 9.89. The minimum atomic E-state index is 0.395. The quantitative estimate of drug-likeness (QED) is 0.743. The maximum absolute atomic E-state index is 6.15. The Labute approximate surface area is 131 Å². The van der Waals surface area contributed by atoms with Crippen LogP contribution in [0.3, 0.4) is 0 Å². The molecule has 1 aliphatic rings. The van der Waals surface area contributed by atoms with E-state index in [1.165, 1.54) is 37.7 Å². The van der Waals surface area contributed by atoms with Crippen molar-refractivity contribution in [3.05, 3.63) is 28.2 Å². The summed E-state index contributed by atoms with van der Waals surface area (Å²) in [5, 5.41) is 3.42. The van der Waals surface area contributed by atoms with E-state index in [1.807, 2.05) is 0 Å². The first-order valence-electron chi connectivity index (χ1n) is 7.84. The van der Waals surface area contributed by atoms with Gasteiger partial charge in [-0.25, -0.2) is 0 Å². The summed E-state index contributed by atoms with van der Waals surface area (Å²) < 4.78 is 7.22. The number of nitrogens with one attached hydrogen (secondary N) is 1. The molecule has 0 bridgehead atoms. The van der Waals surface area contributed by atoms with Gasteiger partial charge in [0.25, 0.3) is 0 Å². The number of hydrogen-bond donors (Lipinski definition) is 1. The molecule has 1 aliphatic carbocycles. The van der Waals surface area contributed by atoms with Gasteiger partial charge in [-0.15, -0.1) is 0 Å². The summed E-state index contributed by atoms with van der Waals surface area (Å²) in [5.41, 5.74) is 1.30. The highest BCUT2D eigenvalue weighted by molar-refractivity contribution is 9.10. The summed E-state index contributed by atoms with van der Waals surface area (Å²) in [6, 6.07) is 6.43. The lowest BCUT2D eigenvalue weighted by Gasteiger charge is -2.27. The number of hydrogen-bond acceptors (Lipinski definition) is 2. The molecule has 1 N–H and O–H groups in total. The first kappa shape index (κ1) is 15.8. The van der Waals surface area contributed by atoms with E-state index in [2.05, 4.69) is 53.3 Å². The summed E-state index contributed by atoms with van der Waals surface area (Å²) in [5.74, 6) is 1.86. The smallest absolute Gasteiger partial charge is 0.133 e. The van der Waals surface area contributed by atoms with E-state index in [4.69, 9.17) is 4.74 Å². The fraction of sp³-hybridized carbons (Fsp3) is 0.647. The molecule has 2 rings (SSSR count). The Morgan fingerprint density at radius 2 is 2.00 bits per heavy atom. The highest BCUT2D eigenvalue weighted by atomic mass is 79.9. The standard InChI is InChI=1S/C17H26BrNO/c1-3-10-19-12-14-6-9-17(16(18)11-14)20-15-7-4-13(2)5-8-15/h6,9,11,13,15,19H,3-5,7-8,10,12H2,1-2H3. The zero-order valence-electron chi connectivity index (χ0n) is 12.6. The topological polar surface area (TPSA) is 21.3 Å². The van der Waals surface area contributed by atoms with E-state index in [1.54, 1.807) is 0 Å². The summed E-state index contributed by atoms with van der Waals surface area (Å²) >= 11 is 3.64. The fourth-order valence-electron chi connectivity index (χ4n) is 2.69. The Balaban J connectivity index is 1.88. The number of benzene rings is 1. The van der Waals surface area contributed by atoms with Crippen molar-refractivity contribution in [1.29, 1.82) is 0 Å². The maximum Gasteiger partial charge on any atom is 0.133 e. The summed E-state index contributed by atoms with van der Waals surface area (Å²) in [4.78, 5) is 0. The monoisotopic (exact) mass is 339 g/mol. The van der Waals surface area contributed by atoms with Gasteiger partial charge in [-0.1, -0.05) is 19.9 Å². The van der Waals surface area contributed by atoms with Crippen LogP contribution < -0.4 is 10.1 Å². The molecule has 0 saturated heterocycles. The third kappa shape index (κ3) is 4.78. The van der Waals surface area contributed by atoms with Gasteiger partial charge in [0, 0.05) is 6.54 Å². The van der Waals surface area contributed by atoms with Crippen LogP contribution in [0.25, 0.3) is 0 Å². The molecule has 0 unspecified atom stereocenters. The van der Waals surface area contributed by atoms with Gasteiger partial charge in [0.05, 0.1) is 10.6 Å². The third-order valence-electron chi connectivity index (χ3n) is 4.01. The SMILES string of the molecule is CCCNCc1ccc(OC2CCC(C)CC2)c(Br)c1. The lowest BCUT2D eigenvalue weighted by molar-refractivity contribution is 0.134. The zero-order chi connectivity index (χ0) is 14.4. The summed E-state index contributed by atoms with van der Waals surface area (Å²) in [6.45, 7) is 6.51. The van der Waals surface area contributed by atoms with Crippen molar-refractivity contribution in [3.63, 3.8) is 0 Å². The highest BCUT2D eigenvalue weighted by Gasteiger charge is 2.20. The first-order chi connectivity index (χ1) is 9.69. The molecular weight excluding hydrogens is 314 g/mol. The maximum atomic E-state index is 6.15. The normalized spacial score (nSPS) is 22.8. The predicted molar refractivity (Wildman–Crippen MR) is 88.2 cm³/mol. The molecule has 1 fully saturated rings. The molecule has 1 aromatic carbocycles. The lowest BCUT2D eigenvalue weighted by Crippen LogP contribution is -2.23. The van der Waals surface area contributed by atoms with Gasteiger partial charge in [0.15, 0.2) is 0 Å². The van der Waals surface area contributed by atoms with Crippen LogP contribution in [0.5, 0.6) is 5.75 Å². The molecule has 0 spiro atoms. The van der Waals surface area contributed by atoms with Crippen LogP contribution in [0.1, 0.15) is 51.5 Å². The average Bonchev–Trinajstić information content (AvgIpc) is 2.44. The first-order valence-corrected chi connectivity index (χ1v) is 8.64. The van der Waals surface area contributed by atoms with Gasteiger partial charge in [-0.3, -0.25) is 0 Å². The van der Waals surface area contributed by atoms with E-state index in [-0.39, 0.29) is 0 Å². The van der Waals surface area contributed by atoms with E-state index in [0.717, 1.165) is 29.2 Å². The molecule has 2 nitrogen and oxygen atoms in total. The van der Waals surface area contributed by atoms with Crippen molar-refractivity contribution < 1.29 is 4.74 Å². The third-order valence-corrected chi connectivity index (χ3v) is 4.63. The second kappa shape index (κ2) is 8.04. The molecule has 0 aliphatic heterocycles. The molecule has 20 heavy (non-hydrogen) atoms. The molecule has 0 aromatic heterocycles. The summed E-state index contributed by atoms with van der Waals surface area (Å²) in [7, 11) is 0. The second-order valence-electron chi connectivity index (χ2n) is 5.94. The van der Waals surface area contributed by atoms with Gasteiger partial charge in [0.2, 0.25) is 0 Å². The van der Waals surface area contributed by atoms with E-state index < -0.39 is 0 Å². The van der Waals surface area contributed by atoms with Gasteiger partial charge in [0.1, 0.15) is 5.75 Å². The number of ether oxygens (including phenoxy) is 1. The summed E-state index contributed by atoms with van der Waals surface area (Å²) in [6.07, 6.45) is 6.53. The Morgan fingerprint density at radius 3 is 2.65 bits per heavy atom. The van der Waals surface area contributed by atoms with Gasteiger partial charge < -0.3 is 10.1 Å². The molecule has 112 valence electrons. The molecule has 0 radical (unpaired) electrons. The minimum Gasteiger partial charge on any atom is -0.489 e. The van der Waals surface area contributed by atoms with Crippen molar-refractivity contribution in [2.24, 2.45) is 5.92 Å². The Bertz CT molecular complexity index is 413. The Hall–Kier alpha value is -0.540. The zero-order valence-corrected chi connectivity index (χ0v) is 14.2. The number of halogens is 1. The van der Waals surface area contributed by atoms with Crippen LogP contribution in [0.2, 0.25) is 0 Å². The Morgan fingerprint density at radius 1 is 1.25 bits per heavy atom. The molecular formula is C17H26BrNO. The highest BCUT2D eigenvalue weighted by Crippen LogP contribution is 2.31. The van der Waals surface area contributed by atoms with Crippen LogP contribution in [-0.4, -0.2) is 12.6 Å². The molecule has 0 heterocycles. The van der Waals surface area contributed by atoms with Gasteiger partial charge in [-0.2, -0.15) is 0 Å². The van der Waals surface area contributed by atoms with Crippen molar-refractivity contribution in [2.45, 2.75) is 58.6 Å². The predicted octanol–water partition coefficient (Wildman–Crippen LogP) is 4.91. The van der Waals surface area contributed by atoms with Crippen LogP contribution in [0, 0.1) is 5.92 Å². The van der Waals surface area contributed by atoms with Gasteiger partial charge in [-0.05, 0) is 78.2 Å². The van der Waals surface area contributed by atoms with Crippen molar-refractivity contribution in [1.82, 2.24) is 5.32 Å². The molecule has 0 amide bonds. The van der Waals surface area contributed by atoms with E-state index in [9.17, 15) is 0 Å². The molecule has 3 heteroatoms. The number of rotatable bonds is 6. The molecule has 1 aromatic rings. The fourth-order valence-corrected chi connectivity index (χ4v) is 3.21. The second-order valence-corrected chi connectivity index (χ2v) is 6.80. The van der Waals surface area contributed by atoms with Crippen molar-refractivity contribution in [2.75, 3.05) is 6.54 Å². The van der Waals surface area contributed by atoms with Crippen LogP contribution in [-0.2, 0) is 6.54 Å². The van der Waals surface area contributed by atoms with Crippen LogP contribution in [0.15, 0.2) is 22.7 Å². The van der Waals surface area contributed by atoms with Crippen LogP contribution >= 0.6 is 15.9 Å². The van der Waals surface area contributed by atoms with Crippen molar-refractivity contribution in [3.8, 4) is 5.75 Å². The molecule has 0 atom stereocenters. The van der Waals surface area contributed by atoms with E-state index in [0.29, 0.717) is 6.10 Å². The van der Waals surface area contributed by atoms with Gasteiger partial charge >= 0.3 is 0 Å². The average molecular weight is 340 g/mol. The van der Waals surface area contributed by atoms with E-state index >= 15 is 0 Å². The Kier molecular flexibility index (Phi) is 6.37. The van der Waals surface area contributed by atoms with Crippen molar-refractivity contribution >= 4 is 15.9 Å². The largest absolute Gasteiger partial charge is 0.489 e.